The summed E-state index contributed by atoms with van der Waals surface area (Å²) in [5, 5.41) is 0. The molecule has 0 amide bonds. The average molecular weight is 266 g/mol. The van der Waals surface area contributed by atoms with Crippen LogP contribution in [0.4, 0.5) is 5.82 Å². The minimum absolute atomic E-state index is 0.142. The van der Waals surface area contributed by atoms with Crippen LogP contribution in [0.2, 0.25) is 0 Å². The number of hydrogen-bond acceptors (Lipinski definition) is 5. The molecule has 1 aliphatic heterocycles. The Morgan fingerprint density at radius 3 is 2.94 bits per heavy atom. The van der Waals surface area contributed by atoms with E-state index in [4.69, 9.17) is 22.7 Å². The van der Waals surface area contributed by atoms with Crippen LogP contribution in [-0.2, 0) is 4.74 Å². The van der Waals surface area contributed by atoms with Crippen molar-refractivity contribution in [1.29, 1.82) is 0 Å². The lowest BCUT2D eigenvalue weighted by atomic mass is 10.1. The Kier molecular flexibility index (Phi) is 3.49. The van der Waals surface area contributed by atoms with E-state index >= 15 is 0 Å². The molecule has 0 saturated carbocycles. The molecule has 0 bridgehead atoms. The van der Waals surface area contributed by atoms with Gasteiger partial charge in [-0.3, -0.25) is 0 Å². The molecule has 2 N–H and O–H groups in total. The molecule has 0 radical (unpaired) electrons. The molecule has 18 heavy (non-hydrogen) atoms. The summed E-state index contributed by atoms with van der Waals surface area (Å²) < 4.78 is 5.88. The first-order valence-electron chi connectivity index (χ1n) is 5.91. The highest BCUT2D eigenvalue weighted by Gasteiger charge is 2.33. The highest BCUT2D eigenvalue weighted by Crippen LogP contribution is 2.26. The monoisotopic (exact) mass is 266 g/mol. The first kappa shape index (κ1) is 13.2. The number of ether oxygens (including phenoxy) is 1. The summed E-state index contributed by atoms with van der Waals surface area (Å²) in [6.07, 6.45) is 3.32. The quantitative estimate of drug-likeness (QED) is 0.809. The van der Waals surface area contributed by atoms with Crippen molar-refractivity contribution in [2.75, 3.05) is 18.0 Å². The van der Waals surface area contributed by atoms with Crippen molar-refractivity contribution in [3.8, 4) is 0 Å². The van der Waals surface area contributed by atoms with Gasteiger partial charge in [-0.25, -0.2) is 9.97 Å². The van der Waals surface area contributed by atoms with Gasteiger partial charge in [0.05, 0.1) is 17.3 Å². The van der Waals surface area contributed by atoms with Gasteiger partial charge in [-0.15, -0.1) is 0 Å². The van der Waals surface area contributed by atoms with Gasteiger partial charge in [-0.05, 0) is 20.8 Å². The zero-order chi connectivity index (χ0) is 13.3. The maximum absolute atomic E-state index is 5.88. The Bertz CT molecular complexity index is 463. The van der Waals surface area contributed by atoms with E-state index in [1.54, 1.807) is 6.20 Å². The third-order valence-corrected chi connectivity index (χ3v) is 3.05. The predicted molar refractivity (Wildman–Crippen MR) is 74.8 cm³/mol. The normalized spacial score (nSPS) is 22.8. The molecule has 6 heteroatoms. The number of aromatic nitrogens is 2. The molecule has 1 saturated heterocycles. The molecule has 1 atom stereocenters. The van der Waals surface area contributed by atoms with Crippen LogP contribution in [0.15, 0.2) is 12.5 Å². The molecule has 0 aliphatic carbocycles. The first-order chi connectivity index (χ1) is 8.39. The summed E-state index contributed by atoms with van der Waals surface area (Å²) in [6.45, 7) is 7.71. The third kappa shape index (κ3) is 2.76. The van der Waals surface area contributed by atoms with E-state index in [0.29, 0.717) is 4.99 Å². The first-order valence-corrected chi connectivity index (χ1v) is 6.32. The Hall–Kier alpha value is -1.27. The fourth-order valence-corrected chi connectivity index (χ4v) is 2.51. The summed E-state index contributed by atoms with van der Waals surface area (Å²) in [5.41, 5.74) is 6.22. The lowest BCUT2D eigenvalue weighted by Crippen LogP contribution is -2.52. The second kappa shape index (κ2) is 4.78. The maximum atomic E-state index is 5.88. The van der Waals surface area contributed by atoms with E-state index in [9.17, 15) is 0 Å². The molecular weight excluding hydrogens is 248 g/mol. The number of nitrogens with zero attached hydrogens (tertiary/aromatic N) is 3. The number of nitrogens with two attached hydrogens (primary N) is 1. The minimum atomic E-state index is -0.212. The van der Waals surface area contributed by atoms with Crippen molar-refractivity contribution < 1.29 is 4.74 Å². The number of hydrogen-bond donors (Lipinski definition) is 1. The third-order valence-electron chi connectivity index (χ3n) is 2.83. The van der Waals surface area contributed by atoms with Crippen LogP contribution in [0, 0.1) is 0 Å². The summed E-state index contributed by atoms with van der Waals surface area (Å²) in [5.74, 6) is 0.792. The summed E-state index contributed by atoms with van der Waals surface area (Å²) in [4.78, 5) is 10.8. The van der Waals surface area contributed by atoms with Crippen LogP contribution in [-0.4, -0.2) is 39.8 Å². The van der Waals surface area contributed by atoms with E-state index in [1.807, 2.05) is 0 Å². The van der Waals surface area contributed by atoms with Crippen LogP contribution in [0.25, 0.3) is 0 Å². The van der Waals surface area contributed by atoms with Gasteiger partial charge in [-0.2, -0.15) is 0 Å². The average Bonchev–Trinajstić information content (AvgIpc) is 2.26. The molecule has 0 spiro atoms. The standard InChI is InChI=1S/C12H18N4OS/c1-8-5-16(6-12(2,3)17-8)11-9(10(13)18)4-14-7-15-11/h4,7-8H,5-6H2,1-3H3,(H2,13,18). The Balaban J connectivity index is 2.34. The van der Waals surface area contributed by atoms with E-state index in [2.05, 4.69) is 35.6 Å². The molecule has 1 aromatic heterocycles. The van der Waals surface area contributed by atoms with Gasteiger partial charge < -0.3 is 15.4 Å². The van der Waals surface area contributed by atoms with Gasteiger partial charge >= 0.3 is 0 Å². The highest BCUT2D eigenvalue weighted by atomic mass is 32.1. The van der Waals surface area contributed by atoms with Gasteiger partial charge in [0, 0.05) is 19.3 Å². The van der Waals surface area contributed by atoms with Gasteiger partial charge in [-0.1, -0.05) is 12.2 Å². The number of rotatable bonds is 2. The SMILES string of the molecule is CC1CN(c2ncncc2C(N)=S)CC(C)(C)O1. The molecule has 1 unspecified atom stereocenters. The molecule has 1 aromatic rings. The topological polar surface area (TPSA) is 64.3 Å². The lowest BCUT2D eigenvalue weighted by Gasteiger charge is -2.42. The van der Waals surface area contributed by atoms with Crippen molar-refractivity contribution in [1.82, 2.24) is 9.97 Å². The molecule has 0 aromatic carbocycles. The van der Waals surface area contributed by atoms with Gasteiger partial charge in [0.2, 0.25) is 0 Å². The predicted octanol–water partition coefficient (Wildman–Crippen LogP) is 1.11. The van der Waals surface area contributed by atoms with Crippen LogP contribution in [0.5, 0.6) is 0 Å². The number of thiocarbonyl (C=S) groups is 1. The summed E-state index contributed by atoms with van der Waals surface area (Å²) in [6, 6.07) is 0. The van der Waals surface area contributed by atoms with Crippen molar-refractivity contribution in [3.63, 3.8) is 0 Å². The van der Waals surface area contributed by atoms with Gasteiger partial charge in [0.25, 0.3) is 0 Å². The molecule has 2 rings (SSSR count). The smallest absolute Gasteiger partial charge is 0.142 e. The molecule has 98 valence electrons. The minimum Gasteiger partial charge on any atom is -0.389 e. The second-order valence-electron chi connectivity index (χ2n) is 5.19. The maximum Gasteiger partial charge on any atom is 0.142 e. The molecule has 5 nitrogen and oxygen atoms in total. The van der Waals surface area contributed by atoms with Crippen LogP contribution < -0.4 is 10.6 Å². The van der Waals surface area contributed by atoms with Gasteiger partial charge in [0.15, 0.2) is 0 Å². The Morgan fingerprint density at radius 2 is 2.33 bits per heavy atom. The Morgan fingerprint density at radius 1 is 1.61 bits per heavy atom. The summed E-state index contributed by atoms with van der Waals surface area (Å²) >= 11 is 5.05. The highest BCUT2D eigenvalue weighted by molar-refractivity contribution is 7.80. The number of anilines is 1. The van der Waals surface area contributed by atoms with Crippen LogP contribution in [0.1, 0.15) is 26.3 Å². The largest absolute Gasteiger partial charge is 0.389 e. The molecule has 2 heterocycles. The van der Waals surface area contributed by atoms with Crippen LogP contribution in [0.3, 0.4) is 0 Å². The summed E-state index contributed by atoms with van der Waals surface area (Å²) in [7, 11) is 0. The second-order valence-corrected chi connectivity index (χ2v) is 5.63. The molecular formula is C12H18N4OS. The van der Waals surface area contributed by atoms with Crippen LogP contribution >= 0.6 is 12.2 Å². The zero-order valence-corrected chi connectivity index (χ0v) is 11.7. The lowest BCUT2D eigenvalue weighted by molar-refractivity contribution is -0.0751. The fraction of sp³-hybridized carbons (Fsp3) is 0.583. The van der Waals surface area contributed by atoms with Crippen molar-refractivity contribution in [3.05, 3.63) is 18.1 Å². The zero-order valence-electron chi connectivity index (χ0n) is 10.9. The van der Waals surface area contributed by atoms with E-state index in [1.165, 1.54) is 6.33 Å². The van der Waals surface area contributed by atoms with Crippen molar-refractivity contribution >= 4 is 23.0 Å². The van der Waals surface area contributed by atoms with Crippen molar-refractivity contribution in [2.24, 2.45) is 5.73 Å². The van der Waals surface area contributed by atoms with E-state index in [0.717, 1.165) is 24.5 Å². The Labute approximate surface area is 112 Å². The van der Waals surface area contributed by atoms with Gasteiger partial charge in [0.1, 0.15) is 17.1 Å². The molecule has 1 aliphatic rings. The fourth-order valence-electron chi connectivity index (χ4n) is 2.36. The van der Waals surface area contributed by atoms with Crippen molar-refractivity contribution in [2.45, 2.75) is 32.5 Å². The van der Waals surface area contributed by atoms with E-state index in [-0.39, 0.29) is 11.7 Å². The van der Waals surface area contributed by atoms with E-state index < -0.39 is 0 Å². The number of morpholine rings is 1. The molecule has 1 fully saturated rings.